The number of ether oxygens (including phenoxy) is 1. The zero-order valence-corrected chi connectivity index (χ0v) is 23.1. The van der Waals surface area contributed by atoms with Crippen molar-refractivity contribution in [1.29, 1.82) is 0 Å². The molecule has 0 aliphatic rings. The van der Waals surface area contributed by atoms with Gasteiger partial charge < -0.3 is 15.2 Å². The number of benzene rings is 3. The van der Waals surface area contributed by atoms with E-state index < -0.39 is 6.10 Å². The predicted octanol–water partition coefficient (Wildman–Crippen LogP) is 6.09. The maximum Gasteiger partial charge on any atom is 0.122 e. The fourth-order valence-electron chi connectivity index (χ4n) is 4.35. The predicted molar refractivity (Wildman–Crippen MR) is 156 cm³/mol. The molecule has 0 saturated heterocycles. The third-order valence-electron chi connectivity index (χ3n) is 5.90. The molecule has 0 heterocycles. The lowest BCUT2D eigenvalue weighted by Gasteiger charge is -2.37. The number of aliphatic hydroxyl groups excluding tert-OH is 1. The first-order valence-electron chi connectivity index (χ1n) is 11.9. The summed E-state index contributed by atoms with van der Waals surface area (Å²) in [6, 6.07) is 29.2. The van der Waals surface area contributed by atoms with Crippen LogP contribution < -0.4 is 10.1 Å². The molecule has 1 atom stereocenters. The maximum absolute atomic E-state index is 10.6. The number of rotatable bonds is 13. The number of β-amino-alcohol motifs (C(OH)–C–C–N with tert-alkyl or cyclic N) is 1. The third kappa shape index (κ3) is 9.61. The summed E-state index contributed by atoms with van der Waals surface area (Å²) in [6.45, 7) is 9.64. The van der Waals surface area contributed by atoms with Crippen LogP contribution in [0, 0.1) is 0 Å². The summed E-state index contributed by atoms with van der Waals surface area (Å²) in [6.07, 6.45) is 1.99. The minimum Gasteiger partial charge on any atom is -0.491 e. The Morgan fingerprint density at radius 1 is 0.917 bits per heavy atom. The Kier molecular flexibility index (Phi) is 13.8. The van der Waals surface area contributed by atoms with E-state index in [9.17, 15) is 5.11 Å². The molecule has 0 radical (unpaired) electrons. The van der Waals surface area contributed by atoms with Crippen LogP contribution in [0.5, 0.6) is 5.75 Å². The van der Waals surface area contributed by atoms with Gasteiger partial charge in [0.1, 0.15) is 18.5 Å². The van der Waals surface area contributed by atoms with Gasteiger partial charge in [-0.1, -0.05) is 84.9 Å². The summed E-state index contributed by atoms with van der Waals surface area (Å²) >= 11 is 0. The fraction of sp³-hybridized carbons (Fsp3) is 0.333. The van der Waals surface area contributed by atoms with Gasteiger partial charge >= 0.3 is 0 Å². The van der Waals surface area contributed by atoms with Crippen molar-refractivity contribution in [3.05, 3.63) is 114 Å². The van der Waals surface area contributed by atoms with E-state index in [2.05, 4.69) is 98.4 Å². The quantitative estimate of drug-likeness (QED) is 0.262. The van der Waals surface area contributed by atoms with E-state index in [-0.39, 0.29) is 43.0 Å². The molecule has 6 heteroatoms. The minimum absolute atomic E-state index is 0. The number of halogens is 2. The minimum atomic E-state index is -0.611. The van der Waals surface area contributed by atoms with Crippen molar-refractivity contribution in [3.63, 3.8) is 0 Å². The van der Waals surface area contributed by atoms with Crippen LogP contribution in [0.25, 0.3) is 0 Å². The van der Waals surface area contributed by atoms with E-state index in [4.69, 9.17) is 4.74 Å². The fourth-order valence-corrected chi connectivity index (χ4v) is 4.35. The normalized spacial score (nSPS) is 11.9. The number of para-hydroxylation sites is 1. The van der Waals surface area contributed by atoms with Gasteiger partial charge in [-0.3, -0.25) is 4.90 Å². The number of nitrogens with zero attached hydrogens (tertiary/aromatic N) is 1. The molecule has 4 nitrogen and oxygen atoms in total. The zero-order chi connectivity index (χ0) is 24.4. The van der Waals surface area contributed by atoms with E-state index in [1.165, 1.54) is 11.1 Å². The molecule has 3 rings (SSSR count). The third-order valence-corrected chi connectivity index (χ3v) is 5.90. The number of likely N-dealkylation sites (N-methyl/N-ethyl adjacent to an activating group) is 1. The van der Waals surface area contributed by atoms with Crippen molar-refractivity contribution in [1.82, 2.24) is 10.2 Å². The van der Waals surface area contributed by atoms with Crippen molar-refractivity contribution in [2.45, 2.75) is 38.0 Å². The molecular weight excluding hydrogens is 491 g/mol. The van der Waals surface area contributed by atoms with Crippen LogP contribution >= 0.6 is 24.8 Å². The van der Waals surface area contributed by atoms with Gasteiger partial charge in [-0.05, 0) is 50.1 Å². The van der Waals surface area contributed by atoms with Crippen LogP contribution in [0.4, 0.5) is 0 Å². The van der Waals surface area contributed by atoms with Gasteiger partial charge in [0.05, 0.1) is 6.04 Å². The molecule has 3 aromatic rings. The molecule has 0 aliphatic heterocycles. The van der Waals surface area contributed by atoms with Crippen LogP contribution in [-0.4, -0.2) is 48.4 Å². The molecule has 2 N–H and O–H groups in total. The van der Waals surface area contributed by atoms with Crippen molar-refractivity contribution in [3.8, 4) is 5.75 Å². The summed E-state index contributed by atoms with van der Waals surface area (Å²) in [4.78, 5) is 2.37. The van der Waals surface area contributed by atoms with Crippen molar-refractivity contribution >= 4 is 24.8 Å². The first kappa shape index (κ1) is 31.7. The summed E-state index contributed by atoms with van der Waals surface area (Å²) in [5, 5.41) is 14.1. The van der Waals surface area contributed by atoms with E-state index in [0.29, 0.717) is 6.54 Å². The standard InChI is InChI=1S/C30H38N2O2.2ClH/c1-5-14-24-15-12-13-20-28(24)34-22-27(33)21-31-30(2,3)23-32(4)29(25-16-8-6-9-17-25)26-18-10-7-11-19-26;;/h5-13,15-20,27,29,31,33H,1,14,21-23H2,2-4H3;2*1H. The Labute approximate surface area is 229 Å². The van der Waals surface area contributed by atoms with Crippen LogP contribution in [0.15, 0.2) is 97.6 Å². The Morgan fingerprint density at radius 3 is 2.00 bits per heavy atom. The first-order valence-corrected chi connectivity index (χ1v) is 11.9. The van der Waals surface area contributed by atoms with E-state index >= 15 is 0 Å². The van der Waals surface area contributed by atoms with Gasteiger partial charge in [0.2, 0.25) is 0 Å². The van der Waals surface area contributed by atoms with Gasteiger partial charge in [-0.2, -0.15) is 0 Å². The monoisotopic (exact) mass is 530 g/mol. The van der Waals surface area contributed by atoms with Crippen molar-refractivity contribution < 1.29 is 9.84 Å². The van der Waals surface area contributed by atoms with Gasteiger partial charge in [0.25, 0.3) is 0 Å². The molecule has 3 aromatic carbocycles. The average molecular weight is 532 g/mol. The molecule has 0 saturated carbocycles. The first-order chi connectivity index (χ1) is 16.4. The number of hydrogen-bond donors (Lipinski definition) is 2. The Morgan fingerprint density at radius 2 is 1.44 bits per heavy atom. The lowest BCUT2D eigenvalue weighted by molar-refractivity contribution is 0.0932. The lowest BCUT2D eigenvalue weighted by atomic mass is 9.95. The highest BCUT2D eigenvalue weighted by molar-refractivity contribution is 5.85. The van der Waals surface area contributed by atoms with E-state index in [0.717, 1.165) is 24.3 Å². The highest BCUT2D eigenvalue weighted by Gasteiger charge is 2.26. The molecule has 0 fully saturated rings. The Bertz CT molecular complexity index is 976. The molecule has 0 spiro atoms. The van der Waals surface area contributed by atoms with Gasteiger partial charge in [0.15, 0.2) is 0 Å². The van der Waals surface area contributed by atoms with Gasteiger partial charge in [0, 0.05) is 18.6 Å². The van der Waals surface area contributed by atoms with Crippen LogP contribution in [0.3, 0.4) is 0 Å². The SMILES string of the molecule is C=CCc1ccccc1OCC(O)CNC(C)(C)CN(C)C(c1ccccc1)c1ccccc1.Cl.Cl. The zero-order valence-electron chi connectivity index (χ0n) is 21.5. The van der Waals surface area contributed by atoms with Crippen molar-refractivity contribution in [2.24, 2.45) is 0 Å². The van der Waals surface area contributed by atoms with Gasteiger partial charge in [-0.15, -0.1) is 31.4 Å². The second-order valence-corrected chi connectivity index (χ2v) is 9.47. The largest absolute Gasteiger partial charge is 0.491 e. The molecule has 36 heavy (non-hydrogen) atoms. The summed E-state index contributed by atoms with van der Waals surface area (Å²) < 4.78 is 5.90. The highest BCUT2D eigenvalue weighted by atomic mass is 35.5. The summed E-state index contributed by atoms with van der Waals surface area (Å²) in [5.41, 5.74) is 3.39. The average Bonchev–Trinajstić information content (AvgIpc) is 2.84. The maximum atomic E-state index is 10.6. The number of allylic oxidation sites excluding steroid dienone is 1. The van der Waals surface area contributed by atoms with Crippen LogP contribution in [0.1, 0.15) is 36.6 Å². The number of nitrogens with one attached hydrogen (secondary N) is 1. The van der Waals surface area contributed by atoms with Crippen LogP contribution in [0.2, 0.25) is 0 Å². The van der Waals surface area contributed by atoms with E-state index in [1.54, 1.807) is 0 Å². The molecule has 196 valence electrons. The number of hydrogen-bond acceptors (Lipinski definition) is 4. The molecule has 0 bridgehead atoms. The highest BCUT2D eigenvalue weighted by Crippen LogP contribution is 2.28. The topological polar surface area (TPSA) is 44.7 Å². The lowest BCUT2D eigenvalue weighted by Crippen LogP contribution is -2.51. The second-order valence-electron chi connectivity index (χ2n) is 9.47. The number of aliphatic hydroxyl groups is 1. The molecule has 0 aromatic heterocycles. The summed E-state index contributed by atoms with van der Waals surface area (Å²) in [5.74, 6) is 0.800. The molecule has 0 amide bonds. The summed E-state index contributed by atoms with van der Waals surface area (Å²) in [7, 11) is 2.16. The van der Waals surface area contributed by atoms with E-state index in [1.807, 2.05) is 30.3 Å². The molecule has 1 unspecified atom stereocenters. The molecule has 0 aliphatic carbocycles. The van der Waals surface area contributed by atoms with Crippen molar-refractivity contribution in [2.75, 3.05) is 26.7 Å². The Balaban J connectivity index is 0.00000324. The molecular formula is C30H40Cl2N2O2. The smallest absolute Gasteiger partial charge is 0.122 e. The van der Waals surface area contributed by atoms with Gasteiger partial charge in [-0.25, -0.2) is 0 Å². The Hall–Kier alpha value is -2.34. The second kappa shape index (κ2) is 15.7. The van der Waals surface area contributed by atoms with Crippen LogP contribution in [-0.2, 0) is 6.42 Å².